The molecule has 1 amide bonds. The lowest BCUT2D eigenvalue weighted by Crippen LogP contribution is -2.37. The fourth-order valence-electron chi connectivity index (χ4n) is 3.00. The Bertz CT molecular complexity index is 1010. The molecule has 0 aliphatic carbocycles. The molecule has 2 aromatic carbocycles. The van der Waals surface area contributed by atoms with E-state index in [-0.39, 0.29) is 18.0 Å². The molecule has 3 rings (SSSR count). The quantitative estimate of drug-likeness (QED) is 0.698. The van der Waals surface area contributed by atoms with Gasteiger partial charge in [0.1, 0.15) is 6.54 Å². The zero-order valence-electron chi connectivity index (χ0n) is 15.8. The number of benzene rings is 2. The van der Waals surface area contributed by atoms with E-state index in [0.29, 0.717) is 12.2 Å². The fourth-order valence-corrected chi connectivity index (χ4v) is 3.00. The van der Waals surface area contributed by atoms with E-state index in [0.717, 1.165) is 22.4 Å². The molecular formula is C22H23N3O2. The average Bonchev–Trinajstić information content (AvgIpc) is 2.66. The number of nitrogens with zero attached hydrogens (tertiary/aromatic N) is 3. The monoisotopic (exact) mass is 361 g/mol. The molecule has 0 unspecified atom stereocenters. The SMILES string of the molecule is CCN(C(=O)Cn1nc(-c2ccc(C)cc2)ccc1=O)c1ccccc1C. The summed E-state index contributed by atoms with van der Waals surface area (Å²) in [5.74, 6) is -0.164. The highest BCUT2D eigenvalue weighted by molar-refractivity contribution is 5.93. The van der Waals surface area contributed by atoms with Crippen molar-refractivity contribution in [2.75, 3.05) is 11.4 Å². The Labute approximate surface area is 158 Å². The first-order chi connectivity index (χ1) is 13.0. The van der Waals surface area contributed by atoms with Crippen molar-refractivity contribution in [1.29, 1.82) is 0 Å². The third kappa shape index (κ3) is 4.14. The zero-order chi connectivity index (χ0) is 19.4. The van der Waals surface area contributed by atoms with Crippen LogP contribution in [0, 0.1) is 13.8 Å². The molecule has 0 bridgehead atoms. The molecule has 3 aromatic rings. The van der Waals surface area contributed by atoms with Gasteiger partial charge in [0.2, 0.25) is 5.91 Å². The van der Waals surface area contributed by atoms with Crippen molar-refractivity contribution in [3.05, 3.63) is 82.1 Å². The summed E-state index contributed by atoms with van der Waals surface area (Å²) in [7, 11) is 0. The Morgan fingerprint density at radius 3 is 2.37 bits per heavy atom. The van der Waals surface area contributed by atoms with Gasteiger partial charge in [0.15, 0.2) is 0 Å². The molecule has 0 atom stereocenters. The van der Waals surface area contributed by atoms with Crippen LogP contribution in [0.25, 0.3) is 11.3 Å². The van der Waals surface area contributed by atoms with Gasteiger partial charge in [-0.15, -0.1) is 0 Å². The number of likely N-dealkylation sites (N-methyl/N-ethyl adjacent to an activating group) is 1. The number of hydrogen-bond donors (Lipinski definition) is 0. The molecule has 0 spiro atoms. The van der Waals surface area contributed by atoms with Gasteiger partial charge < -0.3 is 4.90 Å². The molecule has 0 fully saturated rings. The second-order valence-electron chi connectivity index (χ2n) is 6.50. The molecule has 0 saturated heterocycles. The predicted molar refractivity (Wildman–Crippen MR) is 108 cm³/mol. The lowest BCUT2D eigenvalue weighted by molar-refractivity contribution is -0.119. The summed E-state index contributed by atoms with van der Waals surface area (Å²) in [5.41, 5.74) is 4.31. The third-order valence-corrected chi connectivity index (χ3v) is 4.52. The molecule has 5 heteroatoms. The second kappa shape index (κ2) is 7.99. The molecule has 1 heterocycles. The van der Waals surface area contributed by atoms with Gasteiger partial charge in [-0.1, -0.05) is 48.0 Å². The molecule has 0 aliphatic heterocycles. The summed E-state index contributed by atoms with van der Waals surface area (Å²) in [5, 5.41) is 4.40. The van der Waals surface area contributed by atoms with Gasteiger partial charge >= 0.3 is 0 Å². The van der Waals surface area contributed by atoms with Gasteiger partial charge in [0, 0.05) is 23.9 Å². The van der Waals surface area contributed by atoms with Crippen LogP contribution in [0.3, 0.4) is 0 Å². The average molecular weight is 361 g/mol. The smallest absolute Gasteiger partial charge is 0.267 e. The number of amides is 1. The van der Waals surface area contributed by atoms with E-state index in [9.17, 15) is 9.59 Å². The largest absolute Gasteiger partial charge is 0.311 e. The van der Waals surface area contributed by atoms with E-state index in [1.54, 1.807) is 11.0 Å². The van der Waals surface area contributed by atoms with Gasteiger partial charge in [0.05, 0.1) is 5.69 Å². The number of carbonyl (C=O) groups excluding carboxylic acids is 1. The Hall–Kier alpha value is -3.21. The third-order valence-electron chi connectivity index (χ3n) is 4.52. The van der Waals surface area contributed by atoms with Gasteiger partial charge in [-0.05, 0) is 38.5 Å². The molecule has 0 saturated carbocycles. The van der Waals surface area contributed by atoms with Crippen molar-refractivity contribution in [3.8, 4) is 11.3 Å². The van der Waals surface area contributed by atoms with Crippen molar-refractivity contribution in [2.45, 2.75) is 27.3 Å². The van der Waals surface area contributed by atoms with Crippen LogP contribution < -0.4 is 10.5 Å². The van der Waals surface area contributed by atoms with Crippen molar-refractivity contribution < 1.29 is 4.79 Å². The molecular weight excluding hydrogens is 338 g/mol. The molecule has 0 radical (unpaired) electrons. The first kappa shape index (κ1) is 18.6. The van der Waals surface area contributed by atoms with Gasteiger partial charge in [-0.25, -0.2) is 4.68 Å². The van der Waals surface area contributed by atoms with E-state index in [2.05, 4.69) is 5.10 Å². The maximum Gasteiger partial charge on any atom is 0.267 e. The number of rotatable bonds is 5. The Kier molecular flexibility index (Phi) is 5.50. The van der Waals surface area contributed by atoms with E-state index in [1.165, 1.54) is 10.7 Å². The topological polar surface area (TPSA) is 55.2 Å². The molecule has 5 nitrogen and oxygen atoms in total. The molecule has 138 valence electrons. The first-order valence-electron chi connectivity index (χ1n) is 9.01. The van der Waals surface area contributed by atoms with Crippen LogP contribution in [0.5, 0.6) is 0 Å². The number of para-hydroxylation sites is 1. The lowest BCUT2D eigenvalue weighted by Gasteiger charge is -2.23. The standard InChI is InChI=1S/C22H23N3O2/c1-4-24(20-8-6-5-7-17(20)3)22(27)15-25-21(26)14-13-19(23-25)18-11-9-16(2)10-12-18/h5-14H,4,15H2,1-3H3. The molecule has 27 heavy (non-hydrogen) atoms. The molecule has 0 N–H and O–H groups in total. The van der Waals surface area contributed by atoms with E-state index in [4.69, 9.17) is 0 Å². The maximum absolute atomic E-state index is 12.9. The van der Waals surface area contributed by atoms with Crippen LogP contribution in [0.1, 0.15) is 18.1 Å². The summed E-state index contributed by atoms with van der Waals surface area (Å²) in [6.07, 6.45) is 0. The van der Waals surface area contributed by atoms with Crippen LogP contribution in [0.2, 0.25) is 0 Å². The summed E-state index contributed by atoms with van der Waals surface area (Å²) < 4.78 is 1.23. The minimum absolute atomic E-state index is 0.0965. The predicted octanol–water partition coefficient (Wildman–Crippen LogP) is 3.58. The van der Waals surface area contributed by atoms with Gasteiger partial charge in [0.25, 0.3) is 5.56 Å². The molecule has 1 aromatic heterocycles. The highest BCUT2D eigenvalue weighted by Gasteiger charge is 2.17. The van der Waals surface area contributed by atoms with E-state index < -0.39 is 0 Å². The number of hydrogen-bond acceptors (Lipinski definition) is 3. The second-order valence-corrected chi connectivity index (χ2v) is 6.50. The van der Waals surface area contributed by atoms with Gasteiger partial charge in [-0.3, -0.25) is 9.59 Å². The number of aromatic nitrogens is 2. The highest BCUT2D eigenvalue weighted by atomic mass is 16.2. The number of anilines is 1. The Balaban J connectivity index is 1.89. The summed E-state index contributed by atoms with van der Waals surface area (Å²) in [6, 6.07) is 18.8. The van der Waals surface area contributed by atoms with Crippen molar-refractivity contribution in [3.63, 3.8) is 0 Å². The van der Waals surface area contributed by atoms with Crippen LogP contribution in [-0.4, -0.2) is 22.2 Å². The van der Waals surface area contributed by atoms with E-state index >= 15 is 0 Å². The van der Waals surface area contributed by atoms with Gasteiger partial charge in [-0.2, -0.15) is 5.10 Å². The highest BCUT2D eigenvalue weighted by Crippen LogP contribution is 2.20. The maximum atomic E-state index is 12.9. The zero-order valence-corrected chi connectivity index (χ0v) is 15.8. The lowest BCUT2D eigenvalue weighted by atomic mass is 10.1. The number of carbonyl (C=O) groups is 1. The fraction of sp³-hybridized carbons (Fsp3) is 0.227. The van der Waals surface area contributed by atoms with Crippen LogP contribution in [0.15, 0.2) is 65.5 Å². The summed E-state index contributed by atoms with van der Waals surface area (Å²) in [6.45, 7) is 6.33. The van der Waals surface area contributed by atoms with Crippen LogP contribution in [0.4, 0.5) is 5.69 Å². The summed E-state index contributed by atoms with van der Waals surface area (Å²) in [4.78, 5) is 26.8. The van der Waals surface area contributed by atoms with Crippen LogP contribution in [-0.2, 0) is 11.3 Å². The Morgan fingerprint density at radius 1 is 1.00 bits per heavy atom. The number of aryl methyl sites for hydroxylation is 2. The van der Waals surface area contributed by atoms with Crippen molar-refractivity contribution in [2.24, 2.45) is 0 Å². The normalized spacial score (nSPS) is 10.6. The minimum atomic E-state index is -0.292. The van der Waals surface area contributed by atoms with Crippen LogP contribution >= 0.6 is 0 Å². The molecule has 0 aliphatic rings. The van der Waals surface area contributed by atoms with E-state index in [1.807, 2.05) is 69.3 Å². The minimum Gasteiger partial charge on any atom is -0.311 e. The summed E-state index contributed by atoms with van der Waals surface area (Å²) >= 11 is 0. The van der Waals surface area contributed by atoms with Crippen molar-refractivity contribution >= 4 is 11.6 Å². The Morgan fingerprint density at radius 2 is 1.70 bits per heavy atom. The first-order valence-corrected chi connectivity index (χ1v) is 9.01. The van der Waals surface area contributed by atoms with Crippen molar-refractivity contribution in [1.82, 2.24) is 9.78 Å².